The van der Waals surface area contributed by atoms with E-state index in [1.807, 2.05) is 44.2 Å². The summed E-state index contributed by atoms with van der Waals surface area (Å²) in [5.74, 6) is 0.0525. The second kappa shape index (κ2) is 17.6. The summed E-state index contributed by atoms with van der Waals surface area (Å²) in [5.41, 5.74) is 8.56. The molecule has 0 amide bonds. The maximum Gasteiger partial charge on any atom is 0.341 e. The molecule has 2 rings (SSSR count). The van der Waals surface area contributed by atoms with Crippen molar-refractivity contribution in [3.8, 4) is 11.8 Å². The first-order valence-electron chi connectivity index (χ1n) is 10.2. The first-order valence-corrected chi connectivity index (χ1v) is 10.2. The Morgan fingerprint density at radius 2 is 1.82 bits per heavy atom. The molecule has 2 N–H and O–H groups in total. The van der Waals surface area contributed by atoms with Gasteiger partial charge in [0, 0.05) is 6.20 Å². The minimum atomic E-state index is -0.414. The highest BCUT2D eigenvalue weighted by Gasteiger charge is 2.14. The molecule has 0 saturated carbocycles. The van der Waals surface area contributed by atoms with E-state index >= 15 is 0 Å². The van der Waals surface area contributed by atoms with Gasteiger partial charge in [-0.25, -0.2) is 4.79 Å². The Labute approximate surface area is 195 Å². The maximum atomic E-state index is 11.2. The summed E-state index contributed by atoms with van der Waals surface area (Å²) in [6, 6.07) is 11.0. The Balaban J connectivity index is 0.000000569. The molecule has 1 aromatic carbocycles. The normalized spacial score (nSPS) is 10.4. The standard InChI is InChI=1S/C15H13NO.C9H11NO3.C2H7N/c1-2-5-14(6-3-4-11-17)15-9-7-13(12-16)8-10-15;1-6-8(12-2)7(4-5-10-6)9(11)13-3;1-2-3/h2-11H,1H3;4-5H,1-3H3;2-3H2,1H3/b4-3+,5-2-,14-6+;;. The number of benzene rings is 1. The highest BCUT2D eigenvalue weighted by atomic mass is 16.5. The number of hydrogen-bond acceptors (Lipinski definition) is 7. The van der Waals surface area contributed by atoms with Gasteiger partial charge < -0.3 is 15.2 Å². The molecular weight excluding hydrogens is 418 g/mol. The van der Waals surface area contributed by atoms with Crippen LogP contribution in [0.5, 0.6) is 5.75 Å². The van der Waals surface area contributed by atoms with E-state index in [4.69, 9.17) is 15.7 Å². The molecule has 1 aromatic heterocycles. The van der Waals surface area contributed by atoms with Crippen LogP contribution in [-0.4, -0.2) is 38.0 Å². The van der Waals surface area contributed by atoms with E-state index in [9.17, 15) is 9.59 Å². The number of methoxy groups -OCH3 is 2. The molecule has 33 heavy (non-hydrogen) atoms. The van der Waals surface area contributed by atoms with Crippen LogP contribution in [0.2, 0.25) is 0 Å². The van der Waals surface area contributed by atoms with Gasteiger partial charge in [0.2, 0.25) is 0 Å². The van der Waals surface area contributed by atoms with Crippen molar-refractivity contribution in [3.05, 3.63) is 89.3 Å². The van der Waals surface area contributed by atoms with Crippen molar-refractivity contribution in [2.75, 3.05) is 20.8 Å². The second-order valence-electron chi connectivity index (χ2n) is 6.21. The molecule has 0 aliphatic carbocycles. The fourth-order valence-electron chi connectivity index (χ4n) is 2.45. The van der Waals surface area contributed by atoms with Gasteiger partial charge in [0.1, 0.15) is 11.8 Å². The van der Waals surface area contributed by atoms with E-state index in [0.717, 1.165) is 24.0 Å². The van der Waals surface area contributed by atoms with E-state index in [2.05, 4.69) is 15.8 Å². The number of nitrogens with zero attached hydrogens (tertiary/aromatic N) is 2. The molecule has 0 unspecified atom stereocenters. The van der Waals surface area contributed by atoms with Crippen molar-refractivity contribution in [1.82, 2.24) is 4.98 Å². The van der Waals surface area contributed by atoms with Crippen LogP contribution in [0.15, 0.2) is 66.9 Å². The third-order valence-electron chi connectivity index (χ3n) is 3.85. The van der Waals surface area contributed by atoms with Gasteiger partial charge in [-0.2, -0.15) is 5.26 Å². The van der Waals surface area contributed by atoms with Crippen LogP contribution in [0, 0.1) is 18.3 Å². The third-order valence-corrected chi connectivity index (χ3v) is 3.85. The molecule has 7 nitrogen and oxygen atoms in total. The number of ether oxygens (including phenoxy) is 2. The van der Waals surface area contributed by atoms with Gasteiger partial charge in [-0.05, 0) is 55.8 Å². The number of aromatic nitrogens is 1. The third kappa shape index (κ3) is 10.7. The lowest BCUT2D eigenvalue weighted by molar-refractivity contribution is -0.104. The van der Waals surface area contributed by atoms with Crippen molar-refractivity contribution < 1.29 is 19.1 Å². The highest BCUT2D eigenvalue weighted by molar-refractivity contribution is 5.92. The van der Waals surface area contributed by atoms with Crippen molar-refractivity contribution >= 4 is 17.8 Å². The molecule has 0 saturated heterocycles. The topological polar surface area (TPSA) is 115 Å². The summed E-state index contributed by atoms with van der Waals surface area (Å²) in [7, 11) is 2.83. The van der Waals surface area contributed by atoms with Crippen molar-refractivity contribution in [3.63, 3.8) is 0 Å². The lowest BCUT2D eigenvalue weighted by atomic mass is 10.0. The fraction of sp³-hybridized carbons (Fsp3) is 0.231. The van der Waals surface area contributed by atoms with Gasteiger partial charge in [-0.1, -0.05) is 43.4 Å². The lowest BCUT2D eigenvalue weighted by Crippen LogP contribution is -2.05. The molecule has 1 heterocycles. The first kappa shape index (κ1) is 29.0. The van der Waals surface area contributed by atoms with Gasteiger partial charge in [0.15, 0.2) is 5.75 Å². The molecule has 2 aromatic rings. The van der Waals surface area contributed by atoms with Gasteiger partial charge in [-0.15, -0.1) is 0 Å². The molecule has 0 fully saturated rings. The van der Waals surface area contributed by atoms with Crippen LogP contribution in [0.4, 0.5) is 0 Å². The number of allylic oxidation sites excluding steroid dienone is 6. The molecule has 7 heteroatoms. The number of nitriles is 1. The Morgan fingerprint density at radius 1 is 1.18 bits per heavy atom. The molecule has 0 atom stereocenters. The highest BCUT2D eigenvalue weighted by Crippen LogP contribution is 2.21. The van der Waals surface area contributed by atoms with Crippen molar-refractivity contribution in [2.24, 2.45) is 5.73 Å². The summed E-state index contributed by atoms with van der Waals surface area (Å²) >= 11 is 0. The van der Waals surface area contributed by atoms with Crippen molar-refractivity contribution in [1.29, 1.82) is 5.26 Å². The van der Waals surface area contributed by atoms with E-state index in [-0.39, 0.29) is 0 Å². The number of carbonyl (C=O) groups is 2. The smallest absolute Gasteiger partial charge is 0.341 e. The number of aryl methyl sites for hydroxylation is 1. The summed E-state index contributed by atoms with van der Waals surface area (Å²) in [4.78, 5) is 25.4. The molecule has 0 spiro atoms. The van der Waals surface area contributed by atoms with Gasteiger partial charge in [0.25, 0.3) is 0 Å². The zero-order valence-corrected chi connectivity index (χ0v) is 19.7. The number of pyridine rings is 1. The number of aldehydes is 1. The van der Waals surface area contributed by atoms with Gasteiger partial charge in [0.05, 0.1) is 31.5 Å². The van der Waals surface area contributed by atoms with Crippen LogP contribution >= 0.6 is 0 Å². The minimum Gasteiger partial charge on any atom is -0.494 e. The zero-order chi connectivity index (χ0) is 25.1. The van der Waals surface area contributed by atoms with E-state index in [0.29, 0.717) is 22.6 Å². The largest absolute Gasteiger partial charge is 0.494 e. The van der Waals surface area contributed by atoms with Gasteiger partial charge in [-0.3, -0.25) is 9.78 Å². The average molecular weight is 450 g/mol. The second-order valence-corrected chi connectivity index (χ2v) is 6.21. The molecule has 0 aliphatic rings. The van der Waals surface area contributed by atoms with Crippen molar-refractivity contribution in [2.45, 2.75) is 20.8 Å². The lowest BCUT2D eigenvalue weighted by Gasteiger charge is -2.07. The molecule has 174 valence electrons. The van der Waals surface area contributed by atoms with Crippen LogP contribution in [0.25, 0.3) is 5.57 Å². The summed E-state index contributed by atoms with van der Waals surface area (Å²) in [6.07, 6.45) is 11.2. The van der Waals surface area contributed by atoms with Crippen LogP contribution in [-0.2, 0) is 9.53 Å². The molecule has 0 radical (unpaired) electrons. The predicted octanol–water partition coefficient (Wildman–Crippen LogP) is 4.42. The van der Waals surface area contributed by atoms with Crippen LogP contribution < -0.4 is 10.5 Å². The van der Waals surface area contributed by atoms with Crippen LogP contribution in [0.1, 0.15) is 41.0 Å². The minimum absolute atomic E-state index is 0.400. The first-order chi connectivity index (χ1) is 15.9. The number of nitrogens with two attached hydrogens (primary N) is 1. The number of carbonyl (C=O) groups excluding carboxylic acids is 2. The molecule has 0 bridgehead atoms. The monoisotopic (exact) mass is 449 g/mol. The SMILES string of the molecule is CCN.COC(=O)c1ccnc(C)c1OC.C\C=C/C(=C\C=C\C=O)c1ccc(C#N)cc1. The number of hydrogen-bond donors (Lipinski definition) is 1. The summed E-state index contributed by atoms with van der Waals surface area (Å²) < 4.78 is 9.62. The Hall–Kier alpha value is -4.02. The quantitative estimate of drug-likeness (QED) is 0.300. The summed E-state index contributed by atoms with van der Waals surface area (Å²) in [5, 5.41) is 8.72. The Kier molecular flexibility index (Phi) is 15.5. The summed E-state index contributed by atoms with van der Waals surface area (Å²) in [6.45, 7) is 6.35. The number of rotatable bonds is 6. The van der Waals surface area contributed by atoms with E-state index in [1.165, 1.54) is 20.3 Å². The van der Waals surface area contributed by atoms with Crippen LogP contribution in [0.3, 0.4) is 0 Å². The Morgan fingerprint density at radius 3 is 2.30 bits per heavy atom. The fourth-order valence-corrected chi connectivity index (χ4v) is 2.45. The number of esters is 1. The maximum absolute atomic E-state index is 11.2. The average Bonchev–Trinajstić information content (AvgIpc) is 2.84. The predicted molar refractivity (Wildman–Crippen MR) is 131 cm³/mol. The van der Waals surface area contributed by atoms with E-state index < -0.39 is 5.97 Å². The molecular formula is C26H31N3O4. The molecule has 0 aliphatic heterocycles. The zero-order valence-electron chi connectivity index (χ0n) is 19.7. The Bertz CT molecular complexity index is 1000. The van der Waals surface area contributed by atoms with E-state index in [1.54, 1.807) is 37.4 Å². The van der Waals surface area contributed by atoms with Gasteiger partial charge >= 0.3 is 5.97 Å².